The van der Waals surface area contributed by atoms with Gasteiger partial charge in [-0.25, -0.2) is 0 Å². The molecular weight excluding hydrogens is 180 g/mol. The molecule has 0 amide bonds. The largest absolute Gasteiger partial charge is 0.381 e. The number of ketones is 1. The van der Waals surface area contributed by atoms with Gasteiger partial charge in [0.2, 0.25) is 0 Å². The predicted octanol–water partition coefficient (Wildman–Crippen LogP) is 1.16. The van der Waals surface area contributed by atoms with Crippen LogP contribution >= 0.6 is 0 Å². The van der Waals surface area contributed by atoms with Crippen LogP contribution in [0.25, 0.3) is 0 Å². The van der Waals surface area contributed by atoms with Gasteiger partial charge < -0.3 is 9.47 Å². The van der Waals surface area contributed by atoms with E-state index in [1.54, 1.807) is 7.11 Å². The first-order valence-corrected chi connectivity index (χ1v) is 4.85. The van der Waals surface area contributed by atoms with Crippen molar-refractivity contribution in [2.75, 3.05) is 20.3 Å². The van der Waals surface area contributed by atoms with E-state index in [0.717, 1.165) is 0 Å². The zero-order valence-corrected chi connectivity index (χ0v) is 8.54. The Morgan fingerprint density at radius 3 is 2.71 bits per heavy atom. The van der Waals surface area contributed by atoms with Crippen molar-refractivity contribution in [1.29, 1.82) is 0 Å². The molecule has 0 aromatic rings. The van der Waals surface area contributed by atoms with Gasteiger partial charge in [-0.15, -0.1) is 12.3 Å². The van der Waals surface area contributed by atoms with Gasteiger partial charge in [-0.05, 0) is 0 Å². The van der Waals surface area contributed by atoms with Gasteiger partial charge in [-0.2, -0.15) is 0 Å². The molecule has 0 spiro atoms. The standard InChI is InChI=1S/C11H16O3/c1-3-4-5-10(12)11(13-2)6-8-14-9-7-11/h1H,4-9H2,2H3. The quantitative estimate of drug-likeness (QED) is 0.633. The summed E-state index contributed by atoms with van der Waals surface area (Å²) >= 11 is 0. The van der Waals surface area contributed by atoms with E-state index in [1.165, 1.54) is 0 Å². The van der Waals surface area contributed by atoms with Crippen molar-refractivity contribution < 1.29 is 14.3 Å². The van der Waals surface area contributed by atoms with Gasteiger partial charge in [0.1, 0.15) is 5.60 Å². The molecule has 0 atom stereocenters. The summed E-state index contributed by atoms with van der Waals surface area (Å²) in [6.45, 7) is 1.19. The van der Waals surface area contributed by atoms with Crippen LogP contribution in [0.4, 0.5) is 0 Å². The van der Waals surface area contributed by atoms with Gasteiger partial charge in [0.25, 0.3) is 0 Å². The molecule has 0 radical (unpaired) electrons. The molecule has 1 saturated heterocycles. The summed E-state index contributed by atoms with van der Waals surface area (Å²) in [5.74, 6) is 2.58. The molecule has 1 fully saturated rings. The number of hydrogen-bond donors (Lipinski definition) is 0. The van der Waals surface area contributed by atoms with Crippen molar-refractivity contribution in [2.24, 2.45) is 0 Å². The van der Waals surface area contributed by atoms with E-state index < -0.39 is 5.60 Å². The molecule has 1 rings (SSSR count). The second kappa shape index (κ2) is 5.14. The Labute approximate surface area is 84.8 Å². The summed E-state index contributed by atoms with van der Waals surface area (Å²) in [6, 6.07) is 0. The van der Waals surface area contributed by atoms with Gasteiger partial charge in [-0.3, -0.25) is 4.79 Å². The normalized spacial score (nSPS) is 20.0. The van der Waals surface area contributed by atoms with Crippen LogP contribution in [-0.2, 0) is 14.3 Å². The summed E-state index contributed by atoms with van der Waals surface area (Å²) in [5, 5.41) is 0. The summed E-state index contributed by atoms with van der Waals surface area (Å²) in [6.07, 6.45) is 7.31. The van der Waals surface area contributed by atoms with E-state index in [0.29, 0.717) is 38.9 Å². The third kappa shape index (κ3) is 2.34. The average molecular weight is 196 g/mol. The molecule has 1 aliphatic rings. The van der Waals surface area contributed by atoms with Gasteiger partial charge in [0, 0.05) is 46.0 Å². The van der Waals surface area contributed by atoms with Crippen molar-refractivity contribution in [1.82, 2.24) is 0 Å². The van der Waals surface area contributed by atoms with Crippen LogP contribution in [0.2, 0.25) is 0 Å². The first kappa shape index (κ1) is 11.2. The molecule has 0 N–H and O–H groups in total. The Morgan fingerprint density at radius 1 is 1.57 bits per heavy atom. The molecule has 0 saturated carbocycles. The minimum atomic E-state index is -0.630. The summed E-state index contributed by atoms with van der Waals surface area (Å²) in [4.78, 5) is 11.8. The molecule has 1 heterocycles. The van der Waals surface area contributed by atoms with Crippen LogP contribution in [0.5, 0.6) is 0 Å². The van der Waals surface area contributed by atoms with Gasteiger partial charge in [-0.1, -0.05) is 0 Å². The molecule has 0 bridgehead atoms. The zero-order valence-electron chi connectivity index (χ0n) is 8.54. The fraction of sp³-hybridized carbons (Fsp3) is 0.727. The zero-order chi connectivity index (χ0) is 10.4. The number of terminal acetylenes is 1. The number of methoxy groups -OCH3 is 1. The SMILES string of the molecule is C#CCCC(=O)C1(OC)CCOCC1. The van der Waals surface area contributed by atoms with E-state index in [2.05, 4.69) is 5.92 Å². The van der Waals surface area contributed by atoms with Crippen LogP contribution < -0.4 is 0 Å². The highest BCUT2D eigenvalue weighted by Gasteiger charge is 2.38. The second-order valence-corrected chi connectivity index (χ2v) is 3.44. The third-order valence-electron chi connectivity index (χ3n) is 2.70. The van der Waals surface area contributed by atoms with E-state index in [4.69, 9.17) is 15.9 Å². The van der Waals surface area contributed by atoms with E-state index in [1.807, 2.05) is 0 Å². The van der Waals surface area contributed by atoms with E-state index in [-0.39, 0.29) is 5.78 Å². The van der Waals surface area contributed by atoms with Crippen molar-refractivity contribution in [3.8, 4) is 12.3 Å². The molecule has 0 aromatic carbocycles. The van der Waals surface area contributed by atoms with Crippen LogP contribution in [0.15, 0.2) is 0 Å². The molecule has 14 heavy (non-hydrogen) atoms. The summed E-state index contributed by atoms with van der Waals surface area (Å²) < 4.78 is 10.5. The van der Waals surface area contributed by atoms with Gasteiger partial charge in [0.05, 0.1) is 0 Å². The number of hydrogen-bond acceptors (Lipinski definition) is 3. The minimum Gasteiger partial charge on any atom is -0.381 e. The maximum absolute atomic E-state index is 11.8. The molecule has 0 aliphatic carbocycles. The fourth-order valence-electron chi connectivity index (χ4n) is 1.71. The Hall–Kier alpha value is -0.850. The summed E-state index contributed by atoms with van der Waals surface area (Å²) in [7, 11) is 1.58. The Balaban J connectivity index is 2.58. The highest BCUT2D eigenvalue weighted by atomic mass is 16.5. The average Bonchev–Trinajstić information content (AvgIpc) is 2.26. The maximum Gasteiger partial charge on any atom is 0.165 e. The lowest BCUT2D eigenvalue weighted by Crippen LogP contribution is -2.45. The van der Waals surface area contributed by atoms with Gasteiger partial charge in [0.15, 0.2) is 5.78 Å². The fourth-order valence-corrected chi connectivity index (χ4v) is 1.71. The van der Waals surface area contributed by atoms with Crippen molar-refractivity contribution >= 4 is 5.78 Å². The first-order chi connectivity index (χ1) is 6.75. The summed E-state index contributed by atoms with van der Waals surface area (Å²) in [5.41, 5.74) is -0.630. The number of carbonyl (C=O) groups is 1. The Morgan fingerprint density at radius 2 is 2.21 bits per heavy atom. The molecule has 3 nitrogen and oxygen atoms in total. The molecule has 0 unspecified atom stereocenters. The third-order valence-corrected chi connectivity index (χ3v) is 2.70. The highest BCUT2D eigenvalue weighted by molar-refractivity contribution is 5.87. The Bertz CT molecular complexity index is 233. The second-order valence-electron chi connectivity index (χ2n) is 3.44. The highest BCUT2D eigenvalue weighted by Crippen LogP contribution is 2.27. The van der Waals surface area contributed by atoms with Crippen LogP contribution in [0, 0.1) is 12.3 Å². The molecule has 3 heteroatoms. The molecule has 78 valence electrons. The smallest absolute Gasteiger partial charge is 0.165 e. The number of rotatable bonds is 4. The predicted molar refractivity (Wildman–Crippen MR) is 52.9 cm³/mol. The van der Waals surface area contributed by atoms with E-state index in [9.17, 15) is 4.79 Å². The molecule has 1 aliphatic heterocycles. The minimum absolute atomic E-state index is 0.112. The molecule has 0 aromatic heterocycles. The van der Waals surface area contributed by atoms with Crippen LogP contribution in [0.1, 0.15) is 25.7 Å². The Kier molecular flexibility index (Phi) is 4.12. The van der Waals surface area contributed by atoms with Crippen molar-refractivity contribution in [3.05, 3.63) is 0 Å². The van der Waals surface area contributed by atoms with Crippen molar-refractivity contribution in [3.63, 3.8) is 0 Å². The lowest BCUT2D eigenvalue weighted by Gasteiger charge is -2.34. The lowest BCUT2D eigenvalue weighted by atomic mass is 9.87. The number of carbonyl (C=O) groups excluding carboxylic acids is 1. The van der Waals surface area contributed by atoms with Crippen molar-refractivity contribution in [2.45, 2.75) is 31.3 Å². The van der Waals surface area contributed by atoms with Gasteiger partial charge >= 0.3 is 0 Å². The van der Waals surface area contributed by atoms with E-state index >= 15 is 0 Å². The van der Waals surface area contributed by atoms with Crippen LogP contribution in [-0.4, -0.2) is 31.7 Å². The monoisotopic (exact) mass is 196 g/mol. The van der Waals surface area contributed by atoms with Crippen LogP contribution in [0.3, 0.4) is 0 Å². The molecular formula is C11H16O3. The number of ether oxygens (including phenoxy) is 2. The lowest BCUT2D eigenvalue weighted by molar-refractivity contribution is -0.152. The number of Topliss-reactive ketones (excluding diaryl/α,β-unsaturated/α-hetero) is 1. The maximum atomic E-state index is 11.8. The first-order valence-electron chi connectivity index (χ1n) is 4.85. The topological polar surface area (TPSA) is 35.5 Å².